The molecule has 86 valence electrons. The van der Waals surface area contributed by atoms with Crippen molar-refractivity contribution >= 4 is 10.1 Å². The van der Waals surface area contributed by atoms with Gasteiger partial charge in [0.15, 0.2) is 0 Å². The van der Waals surface area contributed by atoms with Crippen LogP contribution in [0.5, 0.6) is 0 Å². The fraction of sp³-hybridized carbons (Fsp3) is 1.00. The van der Waals surface area contributed by atoms with Gasteiger partial charge in [0.1, 0.15) is 0 Å². The second kappa shape index (κ2) is 8.96. The summed E-state index contributed by atoms with van der Waals surface area (Å²) in [6.07, 6.45) is 2.07. The molecule has 0 saturated heterocycles. The van der Waals surface area contributed by atoms with E-state index in [1.54, 1.807) is 6.92 Å². The summed E-state index contributed by atoms with van der Waals surface area (Å²) in [5.41, 5.74) is 0. The molecule has 0 rings (SSSR count). The molecule has 0 aliphatic heterocycles. The Balaban J connectivity index is 0. The van der Waals surface area contributed by atoms with Crippen LogP contribution in [-0.2, 0) is 10.1 Å². The van der Waals surface area contributed by atoms with Crippen LogP contribution in [0.15, 0.2) is 0 Å². The van der Waals surface area contributed by atoms with E-state index in [1.165, 1.54) is 0 Å². The summed E-state index contributed by atoms with van der Waals surface area (Å²) in [6, 6.07) is 0. The Bertz CT molecular complexity index is 240. The third-order valence-corrected chi connectivity index (χ3v) is 3.63. The summed E-state index contributed by atoms with van der Waals surface area (Å²) in [5, 5.41) is 8.51. The zero-order valence-electron chi connectivity index (χ0n) is 9.77. The van der Waals surface area contributed by atoms with Gasteiger partial charge in [-0.05, 0) is 19.3 Å². The predicted octanol–water partition coefficient (Wildman–Crippen LogP) is -1.74. The van der Waals surface area contributed by atoms with Crippen LogP contribution in [-0.4, -0.2) is 29.4 Å². The SMILES string of the molecule is CCCCC(O)CC(CC)S(=O)(=O)[O-].[Na+]. The molecule has 0 amide bonds. The molecule has 1 N–H and O–H groups in total. The van der Waals surface area contributed by atoms with E-state index in [4.69, 9.17) is 0 Å². The van der Waals surface area contributed by atoms with Crippen molar-refractivity contribution in [2.24, 2.45) is 0 Å². The Kier molecular flexibility index (Phi) is 10.9. The molecule has 6 heteroatoms. The molecule has 4 nitrogen and oxygen atoms in total. The van der Waals surface area contributed by atoms with Crippen molar-refractivity contribution in [1.29, 1.82) is 0 Å². The fourth-order valence-corrected chi connectivity index (χ4v) is 2.22. The van der Waals surface area contributed by atoms with Gasteiger partial charge in [-0.1, -0.05) is 26.7 Å². The number of unbranched alkanes of at least 4 members (excludes halogenated alkanes) is 1. The van der Waals surface area contributed by atoms with E-state index in [0.717, 1.165) is 12.8 Å². The maximum absolute atomic E-state index is 10.7. The number of aliphatic hydroxyl groups excluding tert-OH is 1. The van der Waals surface area contributed by atoms with Crippen molar-refractivity contribution in [2.45, 2.75) is 57.3 Å². The molecule has 0 fully saturated rings. The summed E-state index contributed by atoms with van der Waals surface area (Å²) in [7, 11) is -4.25. The van der Waals surface area contributed by atoms with Gasteiger partial charge in [0.25, 0.3) is 0 Å². The molecule has 0 spiro atoms. The Labute approximate surface area is 114 Å². The number of aliphatic hydroxyl groups is 1. The third kappa shape index (κ3) is 8.65. The van der Waals surface area contributed by atoms with Crippen LogP contribution in [0.25, 0.3) is 0 Å². The first kappa shape index (κ1) is 18.2. The molecule has 0 bridgehead atoms. The van der Waals surface area contributed by atoms with E-state index >= 15 is 0 Å². The topological polar surface area (TPSA) is 77.4 Å². The van der Waals surface area contributed by atoms with Crippen molar-refractivity contribution in [3.63, 3.8) is 0 Å². The zero-order chi connectivity index (χ0) is 11.2. The van der Waals surface area contributed by atoms with Crippen LogP contribution in [0.4, 0.5) is 0 Å². The smallest absolute Gasteiger partial charge is 0.748 e. The summed E-state index contributed by atoms with van der Waals surface area (Å²) < 4.78 is 32.1. The Morgan fingerprint density at radius 3 is 2.20 bits per heavy atom. The molecular formula is C9H19NaO4S. The van der Waals surface area contributed by atoms with Crippen molar-refractivity contribution in [3.8, 4) is 0 Å². The molecule has 0 aromatic carbocycles. The van der Waals surface area contributed by atoms with Gasteiger partial charge >= 0.3 is 29.6 Å². The van der Waals surface area contributed by atoms with Crippen LogP contribution >= 0.6 is 0 Å². The molecule has 0 saturated carbocycles. The second-order valence-electron chi connectivity index (χ2n) is 3.55. The number of hydrogen-bond acceptors (Lipinski definition) is 4. The average molecular weight is 246 g/mol. The van der Waals surface area contributed by atoms with Gasteiger partial charge in [0.2, 0.25) is 0 Å². The van der Waals surface area contributed by atoms with Crippen LogP contribution in [0.1, 0.15) is 46.0 Å². The number of rotatable bonds is 7. The maximum Gasteiger partial charge on any atom is 1.00 e. The van der Waals surface area contributed by atoms with E-state index in [-0.39, 0.29) is 42.4 Å². The molecular weight excluding hydrogens is 227 g/mol. The summed E-state index contributed by atoms with van der Waals surface area (Å²) >= 11 is 0. The fourth-order valence-electron chi connectivity index (χ4n) is 1.35. The van der Waals surface area contributed by atoms with Crippen LogP contribution < -0.4 is 29.6 Å². The molecule has 0 radical (unpaired) electrons. The first-order chi connectivity index (χ1) is 6.41. The van der Waals surface area contributed by atoms with Crippen LogP contribution in [0, 0.1) is 0 Å². The molecule has 0 aromatic rings. The van der Waals surface area contributed by atoms with Crippen molar-refractivity contribution < 1.29 is 47.6 Å². The van der Waals surface area contributed by atoms with Crippen molar-refractivity contribution in [2.75, 3.05) is 0 Å². The third-order valence-electron chi connectivity index (χ3n) is 2.29. The minimum atomic E-state index is -4.25. The molecule has 15 heavy (non-hydrogen) atoms. The van der Waals surface area contributed by atoms with Gasteiger partial charge in [-0.15, -0.1) is 0 Å². The molecule has 0 aliphatic rings. The van der Waals surface area contributed by atoms with Crippen LogP contribution in [0.3, 0.4) is 0 Å². The van der Waals surface area contributed by atoms with Gasteiger partial charge in [-0.2, -0.15) is 0 Å². The average Bonchev–Trinajstić information content (AvgIpc) is 2.08. The first-order valence-corrected chi connectivity index (χ1v) is 6.51. The zero-order valence-corrected chi connectivity index (χ0v) is 12.6. The van der Waals surface area contributed by atoms with Crippen LogP contribution in [0.2, 0.25) is 0 Å². The minimum absolute atomic E-state index is 0. The van der Waals surface area contributed by atoms with Gasteiger partial charge < -0.3 is 9.66 Å². The van der Waals surface area contributed by atoms with Crippen molar-refractivity contribution in [3.05, 3.63) is 0 Å². The molecule has 0 heterocycles. The van der Waals surface area contributed by atoms with Crippen molar-refractivity contribution in [1.82, 2.24) is 0 Å². The summed E-state index contributed by atoms with van der Waals surface area (Å²) in [4.78, 5) is 0. The Morgan fingerprint density at radius 2 is 1.87 bits per heavy atom. The van der Waals surface area contributed by atoms with E-state index in [1.807, 2.05) is 6.92 Å². The quantitative estimate of drug-likeness (QED) is 0.427. The van der Waals surface area contributed by atoms with E-state index in [2.05, 4.69) is 0 Å². The maximum atomic E-state index is 10.7. The predicted molar refractivity (Wildman–Crippen MR) is 53.9 cm³/mol. The van der Waals surface area contributed by atoms with Gasteiger partial charge in [0.05, 0.1) is 21.5 Å². The number of hydrogen-bond donors (Lipinski definition) is 1. The van der Waals surface area contributed by atoms with Gasteiger partial charge in [0, 0.05) is 0 Å². The Hall–Kier alpha value is 0.870. The second-order valence-corrected chi connectivity index (χ2v) is 5.21. The van der Waals surface area contributed by atoms with Gasteiger partial charge in [-0.3, -0.25) is 0 Å². The summed E-state index contributed by atoms with van der Waals surface area (Å²) in [5.74, 6) is 0. The standard InChI is InChI=1S/C9H20O4S.Na/c1-3-5-6-8(10)7-9(4-2)14(11,12)13;/h8-10H,3-7H2,1-2H3,(H,11,12,13);/q;+1/p-1. The first-order valence-electron chi connectivity index (χ1n) is 5.04. The molecule has 0 aliphatic carbocycles. The minimum Gasteiger partial charge on any atom is -0.748 e. The normalized spacial score (nSPS) is 15.5. The monoisotopic (exact) mass is 246 g/mol. The Morgan fingerprint density at radius 1 is 1.33 bits per heavy atom. The summed E-state index contributed by atoms with van der Waals surface area (Å²) in [6.45, 7) is 3.64. The van der Waals surface area contributed by atoms with E-state index in [0.29, 0.717) is 6.42 Å². The van der Waals surface area contributed by atoms with E-state index < -0.39 is 21.5 Å². The molecule has 2 atom stereocenters. The largest absolute Gasteiger partial charge is 1.00 e. The molecule has 0 aromatic heterocycles. The molecule has 2 unspecified atom stereocenters. The van der Waals surface area contributed by atoms with E-state index in [9.17, 15) is 18.1 Å². The van der Waals surface area contributed by atoms with Gasteiger partial charge in [-0.25, -0.2) is 8.42 Å².